The average Bonchev–Trinajstić information content (AvgIpc) is 3.65. The van der Waals surface area contributed by atoms with Crippen LogP contribution >= 0.6 is 0 Å². The third kappa shape index (κ3) is 4.40. The lowest BCUT2D eigenvalue weighted by Crippen LogP contribution is -2.51. The predicted octanol–water partition coefficient (Wildman–Crippen LogP) is 3.69. The van der Waals surface area contributed by atoms with Crippen molar-refractivity contribution in [1.82, 2.24) is 30.2 Å². The molecule has 7 heterocycles. The number of ether oxygens (including phenoxy) is 1. The molecule has 4 aliphatic heterocycles. The number of aromatic nitrogens is 4. The number of aromatic amines is 1. The van der Waals surface area contributed by atoms with Crippen LogP contribution in [0, 0.1) is 24.0 Å². The molecule has 4 saturated heterocycles. The molecule has 3 aromatic heterocycles. The highest BCUT2D eigenvalue weighted by molar-refractivity contribution is 5.99. The van der Waals surface area contributed by atoms with Gasteiger partial charge in [-0.25, -0.2) is 18.2 Å². The second kappa shape index (κ2) is 10.2. The van der Waals surface area contributed by atoms with Gasteiger partial charge in [0.05, 0.1) is 22.2 Å². The molecule has 12 heteroatoms. The number of pyridine rings is 2. The Bertz CT molecular complexity index is 1910. The maximum Gasteiger partial charge on any atom is 0.320 e. The van der Waals surface area contributed by atoms with E-state index in [2.05, 4.69) is 36.0 Å². The number of H-pyrrole nitrogens is 1. The van der Waals surface area contributed by atoms with Crippen LogP contribution in [0.3, 0.4) is 0 Å². The van der Waals surface area contributed by atoms with E-state index in [1.165, 1.54) is 24.3 Å². The Morgan fingerprint density at radius 3 is 2.70 bits per heavy atom. The molecule has 9 nitrogen and oxygen atoms in total. The second-order valence-corrected chi connectivity index (χ2v) is 12.5. The number of benzene rings is 1. The van der Waals surface area contributed by atoms with Crippen molar-refractivity contribution < 1.29 is 17.9 Å². The number of nitrogens with zero attached hydrogens (tertiary/aromatic N) is 5. The fourth-order valence-electron chi connectivity index (χ4n) is 7.76. The number of rotatable bonds is 5. The summed E-state index contributed by atoms with van der Waals surface area (Å²) in [6, 6.07) is 5.80. The van der Waals surface area contributed by atoms with Crippen molar-refractivity contribution in [2.45, 2.75) is 55.9 Å². The van der Waals surface area contributed by atoms with Gasteiger partial charge < -0.3 is 19.9 Å². The van der Waals surface area contributed by atoms with Crippen LogP contribution < -0.4 is 20.5 Å². The summed E-state index contributed by atoms with van der Waals surface area (Å²) in [4.78, 5) is 33.4. The summed E-state index contributed by atoms with van der Waals surface area (Å²) in [7, 11) is 0. The van der Waals surface area contributed by atoms with Crippen LogP contribution in [-0.2, 0) is 0 Å². The number of anilines is 1. The first-order valence-corrected chi connectivity index (χ1v) is 15.0. The van der Waals surface area contributed by atoms with E-state index in [4.69, 9.17) is 16.1 Å². The Morgan fingerprint density at radius 2 is 1.91 bits per heavy atom. The zero-order chi connectivity index (χ0) is 30.2. The number of halogens is 3. The van der Waals surface area contributed by atoms with E-state index in [1.807, 2.05) is 0 Å². The molecule has 0 saturated carbocycles. The monoisotopic (exact) mass is 601 g/mol. The molecule has 3 unspecified atom stereocenters. The molecule has 226 valence electrons. The quantitative estimate of drug-likeness (QED) is 0.335. The molecule has 2 bridgehead atoms. The first kappa shape index (κ1) is 27.3. The Balaban J connectivity index is 1.27. The van der Waals surface area contributed by atoms with E-state index in [0.717, 1.165) is 32.2 Å². The fourth-order valence-corrected chi connectivity index (χ4v) is 7.76. The molecule has 2 N–H and O–H groups in total. The van der Waals surface area contributed by atoms with Crippen molar-refractivity contribution in [2.75, 3.05) is 37.7 Å². The molecule has 0 radical (unpaired) electrons. The normalized spacial score (nSPS) is 26.4. The molecule has 44 heavy (non-hydrogen) atoms. The van der Waals surface area contributed by atoms with Crippen LogP contribution in [0.2, 0.25) is 0 Å². The van der Waals surface area contributed by atoms with Crippen LogP contribution in [0.5, 0.6) is 6.01 Å². The smallest absolute Gasteiger partial charge is 0.320 e. The van der Waals surface area contributed by atoms with Crippen molar-refractivity contribution in [3.63, 3.8) is 0 Å². The molecule has 0 aliphatic carbocycles. The number of nitrogens with one attached hydrogen (secondary N) is 2. The maximum absolute atomic E-state index is 16.1. The van der Waals surface area contributed by atoms with E-state index in [-0.39, 0.29) is 52.7 Å². The van der Waals surface area contributed by atoms with Crippen LogP contribution in [0.1, 0.15) is 37.7 Å². The third-order valence-corrected chi connectivity index (χ3v) is 9.70. The average molecular weight is 602 g/mol. The van der Waals surface area contributed by atoms with E-state index in [1.54, 1.807) is 0 Å². The molecule has 4 atom stereocenters. The van der Waals surface area contributed by atoms with Crippen molar-refractivity contribution >= 4 is 27.6 Å². The highest BCUT2D eigenvalue weighted by atomic mass is 19.1. The van der Waals surface area contributed by atoms with Crippen molar-refractivity contribution in [2.24, 2.45) is 0 Å². The topological polar surface area (TPSA) is 99.3 Å². The van der Waals surface area contributed by atoms with Crippen molar-refractivity contribution in [3.05, 3.63) is 51.8 Å². The van der Waals surface area contributed by atoms with Crippen molar-refractivity contribution in [1.29, 1.82) is 0 Å². The van der Waals surface area contributed by atoms with Crippen LogP contribution in [0.25, 0.3) is 33.2 Å². The summed E-state index contributed by atoms with van der Waals surface area (Å²) in [5, 5.41) is 4.50. The largest absolute Gasteiger partial charge is 0.461 e. The summed E-state index contributed by atoms with van der Waals surface area (Å²) in [6.07, 6.45) is 8.99. The summed E-state index contributed by atoms with van der Waals surface area (Å²) in [6.45, 7) is 2.79. The minimum Gasteiger partial charge on any atom is -0.461 e. The van der Waals surface area contributed by atoms with Gasteiger partial charge in [-0.2, -0.15) is 9.97 Å². The molecule has 4 fully saturated rings. The first-order valence-electron chi connectivity index (χ1n) is 15.0. The predicted molar refractivity (Wildman–Crippen MR) is 159 cm³/mol. The highest BCUT2D eigenvalue weighted by Crippen LogP contribution is 2.41. The second-order valence-electron chi connectivity index (χ2n) is 12.5. The number of hydrogen-bond donors (Lipinski definition) is 2. The Morgan fingerprint density at radius 1 is 1.09 bits per heavy atom. The zero-order valence-electron chi connectivity index (χ0n) is 23.9. The van der Waals surface area contributed by atoms with Gasteiger partial charge in [-0.15, -0.1) is 6.42 Å². The molecule has 0 spiro atoms. The summed E-state index contributed by atoms with van der Waals surface area (Å²) < 4.78 is 51.5. The van der Waals surface area contributed by atoms with Gasteiger partial charge in [-0.3, -0.25) is 9.69 Å². The minimum absolute atomic E-state index is 0.0392. The summed E-state index contributed by atoms with van der Waals surface area (Å²) in [5.74, 6) is 1.41. The van der Waals surface area contributed by atoms with E-state index in [9.17, 15) is 13.6 Å². The SMILES string of the molecule is C#Cc1c(F)ccc2cc(=O)[nH]c(-c3nc4nc(OC[C@@]56CCCN5CC(F)C6)nc(N5CC6CCC(C5)N6)c4cc3F)c12. The number of hydrogen-bond acceptors (Lipinski definition) is 8. The number of alkyl halides is 1. The molecular formula is C32H30F3N7O2. The Labute approximate surface area is 250 Å². The summed E-state index contributed by atoms with van der Waals surface area (Å²) in [5.41, 5.74) is -1.15. The lowest BCUT2D eigenvalue weighted by atomic mass is 9.95. The molecule has 4 aromatic rings. The third-order valence-electron chi connectivity index (χ3n) is 9.70. The van der Waals surface area contributed by atoms with Gasteiger partial charge in [0, 0.05) is 49.6 Å². The van der Waals surface area contributed by atoms with Crippen molar-refractivity contribution in [3.8, 4) is 29.7 Å². The summed E-state index contributed by atoms with van der Waals surface area (Å²) >= 11 is 0. The maximum atomic E-state index is 16.1. The highest BCUT2D eigenvalue weighted by Gasteiger charge is 2.49. The standard InChI is InChI=1S/C32H30F3N7O2/c1-2-21-23(34)7-4-17-10-25(43)37-28(26(17)21)27-24(35)11-22-29(38-27)39-31(40-30(22)41-14-19-5-6-20(15-41)36-19)44-16-32-8-3-9-42(32)13-18(33)12-32/h1,4,7,10-11,18-20,36H,3,5-6,8-9,12-16H2,(H,37,43)/t18?,19?,20?,32-/m0/s1. The molecule has 8 rings (SSSR count). The van der Waals surface area contributed by atoms with Crippen LogP contribution in [0.15, 0.2) is 29.1 Å². The van der Waals surface area contributed by atoms with Gasteiger partial charge in [-0.05, 0) is 49.7 Å². The van der Waals surface area contributed by atoms with Gasteiger partial charge in [0.15, 0.2) is 11.5 Å². The van der Waals surface area contributed by atoms with Gasteiger partial charge in [0.1, 0.15) is 30.1 Å². The molecular weight excluding hydrogens is 571 g/mol. The lowest BCUT2D eigenvalue weighted by molar-refractivity contribution is 0.107. The van der Waals surface area contributed by atoms with Gasteiger partial charge in [0.25, 0.3) is 0 Å². The number of piperazine rings is 1. The molecule has 1 aromatic carbocycles. The lowest BCUT2D eigenvalue weighted by Gasteiger charge is -2.34. The Hall–Kier alpha value is -4.21. The molecule has 0 amide bonds. The van der Waals surface area contributed by atoms with Gasteiger partial charge >= 0.3 is 6.01 Å². The van der Waals surface area contributed by atoms with E-state index >= 15 is 4.39 Å². The Kier molecular flexibility index (Phi) is 6.32. The minimum atomic E-state index is -0.906. The number of terminal acetylenes is 1. The zero-order valence-corrected chi connectivity index (χ0v) is 23.9. The van der Waals surface area contributed by atoms with Crippen LogP contribution in [0.4, 0.5) is 19.0 Å². The molecule has 4 aliphatic rings. The van der Waals surface area contributed by atoms with E-state index in [0.29, 0.717) is 42.6 Å². The van der Waals surface area contributed by atoms with Gasteiger partial charge in [-0.1, -0.05) is 12.0 Å². The number of fused-ring (bicyclic) bond motifs is 5. The first-order chi connectivity index (χ1) is 21.3. The van der Waals surface area contributed by atoms with Gasteiger partial charge in [0.2, 0.25) is 5.56 Å². The van der Waals surface area contributed by atoms with Crippen LogP contribution in [-0.4, -0.2) is 81.4 Å². The van der Waals surface area contributed by atoms with E-state index < -0.39 is 28.9 Å². The fraction of sp³-hybridized carbons (Fsp3) is 0.438.